The number of imide groups is 4. The number of halogens is 4. The van der Waals surface area contributed by atoms with E-state index in [1.165, 1.54) is 25.9 Å². The second-order valence-corrected chi connectivity index (χ2v) is 39.7. The van der Waals surface area contributed by atoms with E-state index in [9.17, 15) is 47.9 Å². The zero-order valence-corrected chi connectivity index (χ0v) is 81.0. The normalized spacial score (nSPS) is 19.4. The minimum atomic E-state index is -0.549. The van der Waals surface area contributed by atoms with Crippen LogP contribution in [0.3, 0.4) is 0 Å². The highest BCUT2D eigenvalue weighted by Crippen LogP contribution is 2.52. The standard InChI is InChI=1S/C28H23ClN4O4.C28H26ClN3O4.C27H24ClN3O4.C25H20ClN5O5/c29-17-10-16-11-24(28-21-13-30-7-6-22(21)32-37-28)36-27(16)20(12-17)18-5-8-31-23-9-15(1-2-19(18)23)14-33-25(34)3-4-26(33)35;29-19-13-18-14-24(28(35)31-10-2-1-3-11-31)36-27(18)22(15-19)20-8-9-30-23-12-17(4-5-21(20)23)16-32-25(33)6-7-26(32)34;28-17-12-16-13-23(27(34)30-10-2-1-3-11-30)35-26(16)21(14-17)19-8-9-29-22-15-18(4-5-20(19)22)31-24(32)6-7-25(31)33;26-13-5-12-6-19(24-16-9-27-4-3-17(16)30-36-24)35-23(12)15(7-13)22-25-18(28-11-29-22)8-14(34-25)10-31-20(32)1-2-21(31)33/h1-2,5,8-10,12,24,30H,3-4,6-7,11,13-14H2;4-5,8-9,12-13,15,24H,1-3,6-7,10-11,14,16H2;4-5,8-9,12,14-15,23H,1-3,6-7,10-11,13H2;5,7-8,11,19,27H,1-4,6,9-10H2. The van der Waals surface area contributed by atoms with Gasteiger partial charge in [-0.25, -0.2) is 9.97 Å². The Labute approximate surface area is 843 Å². The molecule has 19 heterocycles. The van der Waals surface area contributed by atoms with Crippen molar-refractivity contribution in [1.29, 1.82) is 0 Å². The highest BCUT2D eigenvalue weighted by atomic mass is 35.5. The highest BCUT2D eigenvalue weighted by molar-refractivity contribution is 6.32. The number of ether oxygens (including phenoxy) is 4. The van der Waals surface area contributed by atoms with Gasteiger partial charge in [0.25, 0.3) is 11.8 Å². The maximum atomic E-state index is 13.1. The van der Waals surface area contributed by atoms with Crippen molar-refractivity contribution in [3.63, 3.8) is 0 Å². The number of hydrogen-bond donors (Lipinski definition) is 2. The van der Waals surface area contributed by atoms with Crippen molar-refractivity contribution in [2.75, 3.05) is 44.2 Å². The Morgan fingerprint density at radius 2 is 0.757 bits per heavy atom. The number of aromatic nitrogens is 7. The van der Waals surface area contributed by atoms with Crippen molar-refractivity contribution in [1.82, 2.24) is 70.4 Å². The predicted octanol–water partition coefficient (Wildman–Crippen LogP) is 17.1. The number of furan rings is 1. The average Bonchev–Trinajstić information content (AvgIpc) is 1.41. The average molecular weight is 2010 g/mol. The summed E-state index contributed by atoms with van der Waals surface area (Å²) in [5, 5.41) is 20.3. The van der Waals surface area contributed by atoms with E-state index in [1.54, 1.807) is 42.9 Å². The van der Waals surface area contributed by atoms with Gasteiger partial charge in [0.05, 0.1) is 53.3 Å². The monoisotopic (exact) mass is 2010 g/mol. The van der Waals surface area contributed by atoms with E-state index >= 15 is 0 Å². The highest BCUT2D eigenvalue weighted by Gasteiger charge is 2.43. The predicted molar refractivity (Wildman–Crippen MR) is 530 cm³/mol. The molecule has 0 bridgehead atoms. The lowest BCUT2D eigenvalue weighted by atomic mass is 9.96. The molecule has 26 rings (SSSR count). The van der Waals surface area contributed by atoms with Crippen molar-refractivity contribution in [2.24, 2.45) is 0 Å². The van der Waals surface area contributed by atoms with Gasteiger partial charge in [-0.05, 0) is 157 Å². The van der Waals surface area contributed by atoms with Crippen molar-refractivity contribution >= 4 is 155 Å². The Hall–Kier alpha value is -14.4. The first-order valence-electron chi connectivity index (χ1n) is 48.7. The van der Waals surface area contributed by atoms with Gasteiger partial charge in [0, 0.05) is 259 Å². The fourth-order valence-corrected chi connectivity index (χ4v) is 22.6. The number of pyridine rings is 3. The Balaban J connectivity index is 0.000000106. The topological polar surface area (TPSA) is 381 Å². The van der Waals surface area contributed by atoms with E-state index in [0.29, 0.717) is 109 Å². The zero-order chi connectivity index (χ0) is 98.4. The molecule has 12 aliphatic heterocycles. The molecule has 10 amide bonds. The molecule has 144 heavy (non-hydrogen) atoms. The number of likely N-dealkylation sites (tertiary alicyclic amines) is 5. The second-order valence-electron chi connectivity index (χ2n) is 38.0. The number of amides is 10. The van der Waals surface area contributed by atoms with Crippen molar-refractivity contribution in [2.45, 2.75) is 186 Å². The maximum Gasteiger partial charge on any atom is 0.263 e. The van der Waals surface area contributed by atoms with Crippen LogP contribution >= 0.6 is 46.4 Å². The third kappa shape index (κ3) is 18.0. The Morgan fingerprint density at radius 1 is 0.368 bits per heavy atom. The van der Waals surface area contributed by atoms with Gasteiger partial charge in [-0.15, -0.1) is 0 Å². The molecule has 0 radical (unpaired) electrons. The molecule has 32 nitrogen and oxygen atoms in total. The van der Waals surface area contributed by atoms with Crippen LogP contribution in [0.25, 0.3) is 88.4 Å². The first kappa shape index (κ1) is 93.2. The molecular weight excluding hydrogens is 1920 g/mol. The zero-order valence-electron chi connectivity index (χ0n) is 77.9. The molecule has 4 atom stereocenters. The molecule has 0 saturated carbocycles. The summed E-state index contributed by atoms with van der Waals surface area (Å²) < 4.78 is 43.1. The molecule has 14 aromatic rings. The van der Waals surface area contributed by atoms with Crippen molar-refractivity contribution in [3.8, 4) is 67.6 Å². The van der Waals surface area contributed by atoms with Crippen LogP contribution in [0.4, 0.5) is 5.69 Å². The maximum absolute atomic E-state index is 13.1. The molecule has 6 saturated heterocycles. The quantitative estimate of drug-likeness (QED) is 0.0900. The number of carbonyl (C=O) groups is 10. The number of benzene rings is 7. The molecule has 4 unspecified atom stereocenters. The van der Waals surface area contributed by atoms with E-state index in [2.05, 4.69) is 45.9 Å². The first-order chi connectivity index (χ1) is 70.1. The van der Waals surface area contributed by atoms with Crippen LogP contribution in [0.2, 0.25) is 20.1 Å². The Bertz CT molecular complexity index is 7660. The Morgan fingerprint density at radius 3 is 1.20 bits per heavy atom. The molecule has 0 spiro atoms. The minimum Gasteiger partial charge on any atom is -0.481 e. The van der Waals surface area contributed by atoms with Gasteiger partial charge in [-0.2, -0.15) is 0 Å². The number of nitrogens with one attached hydrogen (secondary N) is 2. The summed E-state index contributed by atoms with van der Waals surface area (Å²) in [7, 11) is 0. The van der Waals surface area contributed by atoms with Crippen LogP contribution in [0.1, 0.15) is 175 Å². The number of nitrogens with zero attached hydrogens (tertiary/aromatic N) is 13. The summed E-state index contributed by atoms with van der Waals surface area (Å²) in [6.07, 6.45) is 17.3. The molecule has 730 valence electrons. The van der Waals surface area contributed by atoms with Gasteiger partial charge in [0.1, 0.15) is 46.3 Å². The third-order valence-electron chi connectivity index (χ3n) is 28.7. The lowest BCUT2D eigenvalue weighted by Crippen LogP contribution is -2.43. The lowest BCUT2D eigenvalue weighted by molar-refractivity contribution is -0.140. The van der Waals surface area contributed by atoms with E-state index in [4.69, 9.17) is 78.8 Å². The largest absolute Gasteiger partial charge is 0.481 e. The van der Waals surface area contributed by atoms with Crippen LogP contribution < -0.4 is 34.5 Å². The number of rotatable bonds is 15. The van der Waals surface area contributed by atoms with Gasteiger partial charge < -0.3 is 52.8 Å². The summed E-state index contributed by atoms with van der Waals surface area (Å²) in [6, 6.07) is 39.5. The van der Waals surface area contributed by atoms with Crippen molar-refractivity contribution < 1.29 is 80.4 Å². The Kier molecular flexibility index (Phi) is 25.3. The van der Waals surface area contributed by atoms with Crippen LogP contribution in [0, 0.1) is 0 Å². The molecule has 6 fully saturated rings. The van der Waals surface area contributed by atoms with Crippen LogP contribution in [0.5, 0.6) is 23.0 Å². The van der Waals surface area contributed by atoms with E-state index in [0.717, 1.165) is 231 Å². The number of hydrogen-bond acceptors (Lipinski definition) is 26. The molecule has 36 heteroatoms. The van der Waals surface area contributed by atoms with E-state index < -0.39 is 12.2 Å². The third-order valence-corrected chi connectivity index (χ3v) is 29.6. The SMILES string of the molecule is O=C(C1Cc2cc(Cl)cc(-c3ccnc4cc(CN5C(=O)CCC5=O)ccc34)c2O1)N1CCCCC1.O=C(C1Cc2cc(Cl)cc(-c3ccnc4cc(N5C(=O)CCC5=O)ccc34)c2O1)N1CCCCC1.O=C1CCC(=O)N1Cc1cc2ncnc(-c3cc(Cl)cc4c3OC(c3onc5c3CNCC5)C4)c2o1.O=C1CCC(=O)N1Cc1ccc2c(-c3cc(Cl)cc4c3OC(c3onc5c3CNCC5)C4)ccnc2c1. The van der Waals surface area contributed by atoms with E-state index in [-0.39, 0.29) is 142 Å². The summed E-state index contributed by atoms with van der Waals surface area (Å²) in [5.41, 5.74) is 19.7. The fraction of sp³-hybridized carbons (Fsp3) is 0.324. The van der Waals surface area contributed by atoms with Crippen molar-refractivity contribution in [3.05, 3.63) is 246 Å². The van der Waals surface area contributed by atoms with E-state index in [1.807, 2.05) is 113 Å². The lowest BCUT2D eigenvalue weighted by Gasteiger charge is -2.28. The smallest absolute Gasteiger partial charge is 0.263 e. The minimum absolute atomic E-state index is 0.0344. The van der Waals surface area contributed by atoms with Gasteiger partial charge in [0.2, 0.25) is 47.3 Å². The fourth-order valence-electron chi connectivity index (χ4n) is 21.6. The van der Waals surface area contributed by atoms with Gasteiger partial charge >= 0.3 is 0 Å². The van der Waals surface area contributed by atoms with Gasteiger partial charge in [0.15, 0.2) is 41.5 Å². The number of piperidine rings is 2. The number of anilines is 1. The number of fused-ring (bicyclic) bond motifs is 10. The molecule has 0 aliphatic carbocycles. The number of carbonyl (C=O) groups excluding carboxylic acids is 10. The summed E-state index contributed by atoms with van der Waals surface area (Å²) >= 11 is 26.1. The summed E-state index contributed by atoms with van der Waals surface area (Å²) in [6.45, 7) is 6.89. The van der Waals surface area contributed by atoms with Crippen LogP contribution in [-0.2, 0) is 119 Å². The molecule has 12 aliphatic rings. The van der Waals surface area contributed by atoms with Gasteiger partial charge in [-0.1, -0.05) is 87.0 Å². The van der Waals surface area contributed by atoms with Gasteiger partial charge in [-0.3, -0.25) is 82.5 Å². The summed E-state index contributed by atoms with van der Waals surface area (Å²) in [5.74, 6) is 3.50. The molecular formula is C108H93Cl4N15O17. The second kappa shape index (κ2) is 39.0. The molecule has 7 aromatic carbocycles. The first-order valence-corrected chi connectivity index (χ1v) is 50.2. The van der Waals surface area contributed by atoms with Crippen LogP contribution in [-0.4, -0.2) is 170 Å². The molecule has 2 N–H and O–H groups in total. The summed E-state index contributed by atoms with van der Waals surface area (Å²) in [4.78, 5) is 154. The van der Waals surface area contributed by atoms with Crippen LogP contribution in [0.15, 0.2) is 166 Å². The molecule has 7 aromatic heterocycles.